The monoisotopic (exact) mass is 975 g/mol. The van der Waals surface area contributed by atoms with Gasteiger partial charge < -0.3 is 18.9 Å². The fraction of sp³-hybridized carbons (Fsp3) is 0.780. The molecule has 2 unspecified atom stereocenters. The molecule has 0 aliphatic carbocycles. The number of likely N-dealkylation sites (N-methyl/N-ethyl adjacent to an activating group) is 1. The van der Waals surface area contributed by atoms with Crippen molar-refractivity contribution in [3.05, 3.63) is 72.9 Å². The van der Waals surface area contributed by atoms with Gasteiger partial charge in [-0.2, -0.15) is 0 Å². The largest absolute Gasteiger partial charge is 0.472 e. The van der Waals surface area contributed by atoms with Gasteiger partial charge in [0.05, 0.1) is 34.4 Å². The highest BCUT2D eigenvalue weighted by Gasteiger charge is 2.26. The van der Waals surface area contributed by atoms with Crippen LogP contribution in [0, 0.1) is 0 Å². The molecule has 0 spiro atoms. The van der Waals surface area contributed by atoms with Crippen LogP contribution in [0.3, 0.4) is 0 Å². The maximum atomic E-state index is 12.8. The second-order valence-electron chi connectivity index (χ2n) is 19.9. The molecule has 0 saturated heterocycles. The van der Waals surface area contributed by atoms with Crippen LogP contribution >= 0.6 is 7.82 Å². The molecule has 0 rings (SSSR count). The van der Waals surface area contributed by atoms with Crippen molar-refractivity contribution in [1.29, 1.82) is 0 Å². The van der Waals surface area contributed by atoms with Gasteiger partial charge in [0.15, 0.2) is 0 Å². The average molecular weight is 975 g/mol. The summed E-state index contributed by atoms with van der Waals surface area (Å²) in [6.07, 6.45) is 68.2. The predicted molar refractivity (Wildman–Crippen MR) is 293 cm³/mol. The quantitative estimate of drug-likeness (QED) is 0.0213. The van der Waals surface area contributed by atoms with Gasteiger partial charge in [-0.25, -0.2) is 4.57 Å². The lowest BCUT2D eigenvalue weighted by Gasteiger charge is -2.24. The molecule has 2 atom stereocenters. The summed E-state index contributed by atoms with van der Waals surface area (Å²) in [6.45, 7) is 5.52. The van der Waals surface area contributed by atoms with Crippen molar-refractivity contribution in [3.63, 3.8) is 0 Å². The Morgan fingerprint density at radius 3 is 1.28 bits per heavy atom. The lowest BCUT2D eigenvalue weighted by molar-refractivity contribution is -0.870. The first-order valence-electron chi connectivity index (χ1n) is 28.2. The molecule has 0 heterocycles. The van der Waals surface area contributed by atoms with Crippen molar-refractivity contribution in [3.8, 4) is 0 Å². The molecule has 0 aromatic carbocycles. The molecule has 68 heavy (non-hydrogen) atoms. The standard InChI is InChI=1S/C59H108NO7P/c1-6-8-10-12-14-16-18-20-22-24-26-28-29-30-31-32-34-36-38-40-42-44-46-48-50-52-59(61)67-58(57-66-68(62,63)65-55-53-60(3,4)5)56-64-54-51-49-47-45-43-41-39-37-35-33-27-25-23-21-19-17-15-13-11-9-7-2/h8,10,14,16,20,22,26,28,30-31,34,36,58H,6-7,9,11-13,15,17-19,21,23-25,27,29,32-33,35,37-57H2,1-5H3/p+1/b10-8-,16-14-,22-20-,28-26-,31-30-,36-34-. The average Bonchev–Trinajstić information content (AvgIpc) is 3.30. The lowest BCUT2D eigenvalue weighted by atomic mass is 10.0. The zero-order valence-electron chi connectivity index (χ0n) is 45.1. The van der Waals surface area contributed by atoms with Crippen LogP contribution in [0.2, 0.25) is 0 Å². The molecule has 0 aromatic rings. The van der Waals surface area contributed by atoms with Gasteiger partial charge in [-0.3, -0.25) is 13.8 Å². The number of unbranched alkanes of at least 4 members (excludes halogenated alkanes) is 26. The van der Waals surface area contributed by atoms with Crippen LogP contribution in [0.5, 0.6) is 0 Å². The van der Waals surface area contributed by atoms with Gasteiger partial charge in [0, 0.05) is 13.0 Å². The van der Waals surface area contributed by atoms with Crippen LogP contribution in [-0.2, 0) is 27.9 Å². The number of phosphoric acid groups is 1. The van der Waals surface area contributed by atoms with Crippen LogP contribution in [0.4, 0.5) is 0 Å². The fourth-order valence-corrected chi connectivity index (χ4v) is 8.48. The number of phosphoric ester groups is 1. The Kier molecular flexibility index (Phi) is 49.7. The van der Waals surface area contributed by atoms with Gasteiger partial charge in [0.2, 0.25) is 0 Å². The third kappa shape index (κ3) is 54.9. The fourth-order valence-electron chi connectivity index (χ4n) is 7.73. The zero-order chi connectivity index (χ0) is 49.8. The molecule has 0 fully saturated rings. The summed E-state index contributed by atoms with van der Waals surface area (Å²) in [4.78, 5) is 23.1. The predicted octanol–water partition coefficient (Wildman–Crippen LogP) is 17.8. The number of carbonyl (C=O) groups is 1. The van der Waals surface area contributed by atoms with E-state index in [1.165, 1.54) is 135 Å². The van der Waals surface area contributed by atoms with Crippen molar-refractivity contribution in [2.75, 3.05) is 54.1 Å². The van der Waals surface area contributed by atoms with Crippen LogP contribution in [0.1, 0.15) is 239 Å². The summed E-state index contributed by atoms with van der Waals surface area (Å²) in [7, 11) is 1.66. The van der Waals surface area contributed by atoms with E-state index in [-0.39, 0.29) is 25.8 Å². The van der Waals surface area contributed by atoms with E-state index in [0.29, 0.717) is 24.1 Å². The number of hydrogen-bond acceptors (Lipinski definition) is 6. The number of esters is 1. The molecule has 8 nitrogen and oxygen atoms in total. The molecular weight excluding hydrogens is 866 g/mol. The topological polar surface area (TPSA) is 91.3 Å². The number of quaternary nitrogens is 1. The maximum Gasteiger partial charge on any atom is 0.472 e. The summed E-state index contributed by atoms with van der Waals surface area (Å²) in [6, 6.07) is 0. The molecule has 0 aliphatic rings. The minimum absolute atomic E-state index is 0.0835. The van der Waals surface area contributed by atoms with Gasteiger partial charge in [0.1, 0.15) is 19.3 Å². The van der Waals surface area contributed by atoms with Gasteiger partial charge in [0.25, 0.3) is 0 Å². The molecule has 0 saturated carbocycles. The van der Waals surface area contributed by atoms with E-state index in [1.54, 1.807) is 0 Å². The molecule has 1 N–H and O–H groups in total. The summed E-state index contributed by atoms with van der Waals surface area (Å²) < 4.78 is 35.2. The highest BCUT2D eigenvalue weighted by molar-refractivity contribution is 7.47. The van der Waals surface area contributed by atoms with E-state index in [4.69, 9.17) is 18.5 Å². The normalized spacial score (nSPS) is 14.0. The number of carbonyl (C=O) groups excluding carboxylic acids is 1. The molecule has 0 aliphatic heterocycles. The van der Waals surface area contributed by atoms with E-state index >= 15 is 0 Å². The highest BCUT2D eigenvalue weighted by atomic mass is 31.2. The summed E-state index contributed by atoms with van der Waals surface area (Å²) >= 11 is 0. The third-order valence-corrected chi connectivity index (χ3v) is 13.0. The minimum Gasteiger partial charge on any atom is -0.457 e. The first-order valence-corrected chi connectivity index (χ1v) is 29.7. The Balaban J connectivity index is 4.14. The van der Waals surface area contributed by atoms with Crippen molar-refractivity contribution < 1.29 is 37.3 Å². The Bertz CT molecular complexity index is 1320. The summed E-state index contributed by atoms with van der Waals surface area (Å²) in [5.41, 5.74) is 0. The highest BCUT2D eigenvalue weighted by Crippen LogP contribution is 2.43. The van der Waals surface area contributed by atoms with Crippen LogP contribution in [-0.4, -0.2) is 75.6 Å². The first kappa shape index (κ1) is 65.9. The second kappa shape index (κ2) is 51.3. The number of nitrogens with zero attached hydrogens (tertiary/aromatic N) is 1. The maximum absolute atomic E-state index is 12.8. The van der Waals surface area contributed by atoms with Crippen molar-refractivity contribution >= 4 is 13.8 Å². The molecule has 0 bridgehead atoms. The van der Waals surface area contributed by atoms with Crippen LogP contribution < -0.4 is 0 Å². The third-order valence-electron chi connectivity index (χ3n) is 12.0. The van der Waals surface area contributed by atoms with Crippen molar-refractivity contribution in [1.82, 2.24) is 0 Å². The number of rotatable bonds is 52. The van der Waals surface area contributed by atoms with E-state index in [0.717, 1.165) is 83.5 Å². The van der Waals surface area contributed by atoms with E-state index in [9.17, 15) is 14.3 Å². The molecule has 0 radical (unpaired) electrons. The lowest BCUT2D eigenvalue weighted by Crippen LogP contribution is -2.37. The Labute approximate surface area is 421 Å². The number of hydrogen-bond donors (Lipinski definition) is 1. The van der Waals surface area contributed by atoms with Crippen molar-refractivity contribution in [2.45, 2.75) is 245 Å². The first-order chi connectivity index (χ1) is 33.1. The van der Waals surface area contributed by atoms with Gasteiger partial charge in [-0.05, 0) is 64.2 Å². The second-order valence-corrected chi connectivity index (χ2v) is 21.4. The minimum atomic E-state index is -4.29. The van der Waals surface area contributed by atoms with Crippen LogP contribution in [0.25, 0.3) is 0 Å². The Morgan fingerprint density at radius 2 is 0.853 bits per heavy atom. The number of ether oxygens (including phenoxy) is 2. The Hall–Kier alpha value is -2.06. The smallest absolute Gasteiger partial charge is 0.457 e. The van der Waals surface area contributed by atoms with Gasteiger partial charge >= 0.3 is 13.8 Å². The molecule has 0 aromatic heterocycles. The molecule has 0 amide bonds. The molecule has 9 heteroatoms. The Morgan fingerprint density at radius 1 is 0.471 bits per heavy atom. The molecular formula is C59H109NO7P+. The summed E-state index contributed by atoms with van der Waals surface area (Å²) in [5.74, 6) is -0.326. The van der Waals surface area contributed by atoms with Gasteiger partial charge in [-0.15, -0.1) is 0 Å². The zero-order valence-corrected chi connectivity index (χ0v) is 46.0. The van der Waals surface area contributed by atoms with Gasteiger partial charge in [-0.1, -0.05) is 241 Å². The van der Waals surface area contributed by atoms with Crippen molar-refractivity contribution in [2.24, 2.45) is 0 Å². The molecule has 396 valence electrons. The number of allylic oxidation sites excluding steroid dienone is 12. The van der Waals surface area contributed by atoms with E-state index in [1.807, 2.05) is 21.1 Å². The SMILES string of the molecule is CC/C=C\C/C=C\C/C=C\C/C=C\C/C=C\C/C=C\CCCCCCCCC(=O)OC(COCCCCCCCCCCCCCCCCCCCCCCC)COP(=O)(O)OCC[N+](C)(C)C. The van der Waals surface area contributed by atoms with E-state index < -0.39 is 13.9 Å². The van der Waals surface area contributed by atoms with E-state index in [2.05, 4.69) is 86.8 Å². The summed E-state index contributed by atoms with van der Waals surface area (Å²) in [5, 5.41) is 0. The van der Waals surface area contributed by atoms with Crippen LogP contribution in [0.15, 0.2) is 72.9 Å².